The van der Waals surface area contributed by atoms with Gasteiger partial charge in [0.25, 0.3) is 12.2 Å². The third kappa shape index (κ3) is 2.82. The van der Waals surface area contributed by atoms with E-state index in [4.69, 9.17) is 11.6 Å². The third-order valence-electron chi connectivity index (χ3n) is 2.25. The Morgan fingerprint density at radius 1 is 1.47 bits per heavy atom. The Morgan fingerprint density at radius 2 is 2.18 bits per heavy atom. The standard InChI is InChI=1S/C11H11ClN4O/c1-15-8-16(7-13-15)14-11(17)10-4-2-9(6-12)3-5-10/h2-5,7-8H,6H2,1H3/p+1. The number of rotatable bonds is 3. The van der Waals surface area contributed by atoms with Crippen LogP contribution in [0.1, 0.15) is 15.9 Å². The van der Waals surface area contributed by atoms with E-state index >= 15 is 0 Å². The van der Waals surface area contributed by atoms with E-state index in [2.05, 4.69) is 10.5 Å². The molecule has 0 unspecified atom stereocenters. The summed E-state index contributed by atoms with van der Waals surface area (Å²) in [6, 6.07) is 7.14. The highest BCUT2D eigenvalue weighted by molar-refractivity contribution is 6.17. The Morgan fingerprint density at radius 3 is 2.71 bits per heavy atom. The number of hydrogen-bond donors (Lipinski definition) is 1. The number of hydrogen-bond acceptors (Lipinski definition) is 2. The number of halogens is 1. The van der Waals surface area contributed by atoms with Crippen LogP contribution in [0.4, 0.5) is 0 Å². The van der Waals surface area contributed by atoms with E-state index in [1.54, 1.807) is 30.2 Å². The van der Waals surface area contributed by atoms with Crippen molar-refractivity contribution in [2.45, 2.75) is 5.88 Å². The second-order valence-electron chi connectivity index (χ2n) is 3.60. The summed E-state index contributed by atoms with van der Waals surface area (Å²) in [6.45, 7) is 0. The first-order valence-corrected chi connectivity index (χ1v) is 5.58. The average Bonchev–Trinajstić information content (AvgIpc) is 2.75. The number of aromatic nitrogens is 3. The quantitative estimate of drug-likeness (QED) is 0.649. The van der Waals surface area contributed by atoms with Crippen molar-refractivity contribution in [3.8, 4) is 0 Å². The average molecular weight is 252 g/mol. The van der Waals surface area contributed by atoms with Gasteiger partial charge < -0.3 is 0 Å². The Hall–Kier alpha value is -1.88. The maximum atomic E-state index is 11.8. The first-order valence-electron chi connectivity index (χ1n) is 5.05. The minimum absolute atomic E-state index is 0.191. The van der Waals surface area contributed by atoms with Gasteiger partial charge in [-0.1, -0.05) is 12.1 Å². The number of nitrogens with one attached hydrogen (secondary N) is 1. The summed E-state index contributed by atoms with van der Waals surface area (Å²) in [5.41, 5.74) is 4.24. The molecular weight excluding hydrogens is 240 g/mol. The van der Waals surface area contributed by atoms with Gasteiger partial charge in [0.05, 0.1) is 7.05 Å². The fourth-order valence-corrected chi connectivity index (χ4v) is 1.54. The van der Waals surface area contributed by atoms with Crippen LogP contribution in [-0.2, 0) is 12.9 Å². The van der Waals surface area contributed by atoms with Gasteiger partial charge in [0, 0.05) is 16.5 Å². The number of alkyl halides is 1. The third-order valence-corrected chi connectivity index (χ3v) is 2.56. The van der Waals surface area contributed by atoms with Crippen LogP contribution in [0.5, 0.6) is 0 Å². The van der Waals surface area contributed by atoms with Crippen LogP contribution in [0.25, 0.3) is 0 Å². The lowest BCUT2D eigenvalue weighted by molar-refractivity contribution is -0.642. The molecule has 0 radical (unpaired) electrons. The van der Waals surface area contributed by atoms with Crippen molar-refractivity contribution in [2.75, 3.05) is 5.43 Å². The molecule has 6 heteroatoms. The first kappa shape index (κ1) is 11.6. The summed E-state index contributed by atoms with van der Waals surface area (Å²) < 4.78 is 3.09. The molecule has 0 bridgehead atoms. The second kappa shape index (κ2) is 4.97. The van der Waals surface area contributed by atoms with E-state index in [9.17, 15) is 4.79 Å². The van der Waals surface area contributed by atoms with E-state index in [0.29, 0.717) is 11.4 Å². The van der Waals surface area contributed by atoms with Crippen LogP contribution in [0, 0.1) is 0 Å². The van der Waals surface area contributed by atoms with Gasteiger partial charge in [0.1, 0.15) is 0 Å². The summed E-state index contributed by atoms with van der Waals surface area (Å²) in [5.74, 6) is 0.253. The largest absolute Gasteiger partial charge is 0.287 e. The molecule has 5 nitrogen and oxygen atoms in total. The van der Waals surface area contributed by atoms with E-state index < -0.39 is 0 Å². The molecule has 2 aromatic rings. The minimum Gasteiger partial charge on any atom is -0.266 e. The molecule has 0 atom stereocenters. The molecule has 0 aliphatic heterocycles. The van der Waals surface area contributed by atoms with Crippen LogP contribution in [0.15, 0.2) is 36.9 Å². The number of carbonyl (C=O) groups excluding carboxylic acids is 1. The number of aryl methyl sites for hydroxylation is 1. The van der Waals surface area contributed by atoms with Crippen molar-refractivity contribution in [3.63, 3.8) is 0 Å². The van der Waals surface area contributed by atoms with Gasteiger partial charge >= 0.3 is 0 Å². The predicted molar refractivity (Wildman–Crippen MR) is 63.1 cm³/mol. The van der Waals surface area contributed by atoms with Crippen molar-refractivity contribution < 1.29 is 9.47 Å². The van der Waals surface area contributed by atoms with Crippen LogP contribution < -0.4 is 10.1 Å². The molecule has 1 aromatic heterocycles. The minimum atomic E-state index is -0.191. The summed E-state index contributed by atoms with van der Waals surface area (Å²) in [4.78, 5) is 11.8. The van der Waals surface area contributed by atoms with E-state index in [-0.39, 0.29) is 5.91 Å². The SMILES string of the molecule is Cn1c[n+](NC(=O)c2ccc(CCl)cc2)cn1. The highest BCUT2D eigenvalue weighted by atomic mass is 35.5. The Balaban J connectivity index is 2.09. The molecule has 0 aliphatic rings. The van der Waals surface area contributed by atoms with Crippen molar-refractivity contribution in [2.24, 2.45) is 7.05 Å². The monoisotopic (exact) mass is 251 g/mol. The molecule has 0 saturated carbocycles. The van der Waals surface area contributed by atoms with Crippen molar-refractivity contribution >= 4 is 17.5 Å². The molecule has 0 saturated heterocycles. The lowest BCUT2D eigenvalue weighted by Crippen LogP contribution is -2.46. The molecule has 17 heavy (non-hydrogen) atoms. The molecule has 0 aliphatic carbocycles. The molecule has 0 spiro atoms. The van der Waals surface area contributed by atoms with Crippen LogP contribution in [0.2, 0.25) is 0 Å². The maximum absolute atomic E-state index is 11.8. The number of benzene rings is 1. The van der Waals surface area contributed by atoms with Crippen LogP contribution in [-0.4, -0.2) is 15.7 Å². The molecule has 1 heterocycles. The fourth-order valence-electron chi connectivity index (χ4n) is 1.36. The number of nitrogens with zero attached hydrogens (tertiary/aromatic N) is 3. The Bertz CT molecular complexity index is 521. The van der Waals surface area contributed by atoms with Gasteiger partial charge in [-0.05, 0) is 17.7 Å². The molecule has 1 N–H and O–H groups in total. The Labute approximate surface area is 104 Å². The molecular formula is C11H12ClN4O+. The normalized spacial score (nSPS) is 10.2. The molecule has 0 fully saturated rings. The van der Waals surface area contributed by atoms with Crippen molar-refractivity contribution in [1.29, 1.82) is 0 Å². The van der Waals surface area contributed by atoms with Gasteiger partial charge in [-0.15, -0.1) is 21.0 Å². The molecule has 2 rings (SSSR count). The van der Waals surface area contributed by atoms with Gasteiger partial charge in [-0.3, -0.25) is 4.79 Å². The van der Waals surface area contributed by atoms with Gasteiger partial charge in [-0.2, -0.15) is 0 Å². The molecule has 1 amide bonds. The van der Waals surface area contributed by atoms with E-state index in [1.807, 2.05) is 12.1 Å². The van der Waals surface area contributed by atoms with Crippen molar-refractivity contribution in [3.05, 3.63) is 48.0 Å². The molecule has 88 valence electrons. The lowest BCUT2D eigenvalue weighted by atomic mass is 10.1. The topological polar surface area (TPSA) is 50.8 Å². The second-order valence-corrected chi connectivity index (χ2v) is 3.87. The van der Waals surface area contributed by atoms with Crippen molar-refractivity contribution in [1.82, 2.24) is 9.78 Å². The van der Waals surface area contributed by atoms with Crippen LogP contribution >= 0.6 is 11.6 Å². The summed E-state index contributed by atoms with van der Waals surface area (Å²) >= 11 is 5.68. The lowest BCUT2D eigenvalue weighted by Gasteiger charge is -2.01. The zero-order valence-corrected chi connectivity index (χ0v) is 10.1. The predicted octanol–water partition coefficient (Wildman–Crippen LogP) is 0.830. The smallest absolute Gasteiger partial charge is 0.266 e. The number of amides is 1. The summed E-state index contributed by atoms with van der Waals surface area (Å²) in [5, 5.41) is 3.94. The summed E-state index contributed by atoms with van der Waals surface area (Å²) in [7, 11) is 1.78. The molecule has 1 aromatic carbocycles. The van der Waals surface area contributed by atoms with Gasteiger partial charge in [0.2, 0.25) is 6.33 Å². The zero-order valence-electron chi connectivity index (χ0n) is 9.30. The van der Waals surface area contributed by atoms with Gasteiger partial charge in [-0.25, -0.2) is 5.43 Å². The van der Waals surface area contributed by atoms with Crippen LogP contribution in [0.3, 0.4) is 0 Å². The number of carbonyl (C=O) groups is 1. The van der Waals surface area contributed by atoms with E-state index in [0.717, 1.165) is 5.56 Å². The first-order chi connectivity index (χ1) is 8.19. The highest BCUT2D eigenvalue weighted by Gasteiger charge is 2.09. The Kier molecular flexibility index (Phi) is 3.39. The highest BCUT2D eigenvalue weighted by Crippen LogP contribution is 2.06. The fraction of sp³-hybridized carbons (Fsp3) is 0.182. The van der Waals surface area contributed by atoms with Gasteiger partial charge in [0.15, 0.2) is 0 Å². The zero-order chi connectivity index (χ0) is 12.3. The van der Waals surface area contributed by atoms with E-state index in [1.165, 1.54) is 11.0 Å². The maximum Gasteiger partial charge on any atom is 0.287 e. The summed E-state index contributed by atoms with van der Waals surface area (Å²) in [6.07, 6.45) is 3.18.